The molecule has 2 amide bonds. The fourth-order valence-electron chi connectivity index (χ4n) is 5.79. The number of methoxy groups -OCH3 is 1. The van der Waals surface area contributed by atoms with Crippen LogP contribution in [0.15, 0.2) is 77.7 Å². The molecule has 0 spiro atoms. The quantitative estimate of drug-likeness (QED) is 0.261. The largest absolute Gasteiger partial charge is 0.495 e. The minimum atomic E-state index is -4.19. The van der Waals surface area contributed by atoms with Gasteiger partial charge in [0.25, 0.3) is 10.0 Å². The van der Waals surface area contributed by atoms with E-state index in [1.807, 2.05) is 57.2 Å². The Kier molecular flexibility index (Phi) is 11.4. The summed E-state index contributed by atoms with van der Waals surface area (Å²) in [6.45, 7) is 5.41. The number of nitrogens with zero attached hydrogens (tertiary/aromatic N) is 2. The SMILES string of the molecule is CC[C@@H](C(=O)NC1CCCCC1)N(CCc1ccccc1)C(=O)CN(c1cc(C)ccc1OC)S(=O)(=O)c1ccc(C)cc1. The summed E-state index contributed by atoms with van der Waals surface area (Å²) in [5.74, 6) is -0.315. The first-order chi connectivity index (χ1) is 21.1. The van der Waals surface area contributed by atoms with Gasteiger partial charge in [-0.1, -0.05) is 80.3 Å². The van der Waals surface area contributed by atoms with E-state index in [0.717, 1.165) is 46.7 Å². The Labute approximate surface area is 262 Å². The van der Waals surface area contributed by atoms with Gasteiger partial charge in [-0.15, -0.1) is 0 Å². The summed E-state index contributed by atoms with van der Waals surface area (Å²) >= 11 is 0. The zero-order valence-corrected chi connectivity index (χ0v) is 27.1. The lowest BCUT2D eigenvalue weighted by Crippen LogP contribution is -2.54. The van der Waals surface area contributed by atoms with Crippen molar-refractivity contribution in [3.05, 3.63) is 89.5 Å². The lowest BCUT2D eigenvalue weighted by atomic mass is 9.95. The third kappa shape index (κ3) is 8.20. The van der Waals surface area contributed by atoms with Crippen LogP contribution in [0.5, 0.6) is 5.75 Å². The van der Waals surface area contributed by atoms with E-state index in [9.17, 15) is 18.0 Å². The molecule has 236 valence electrons. The van der Waals surface area contributed by atoms with E-state index in [-0.39, 0.29) is 29.1 Å². The highest BCUT2D eigenvalue weighted by molar-refractivity contribution is 7.92. The van der Waals surface area contributed by atoms with Crippen LogP contribution in [0.1, 0.15) is 62.1 Å². The predicted molar refractivity (Wildman–Crippen MR) is 174 cm³/mol. The van der Waals surface area contributed by atoms with Gasteiger partial charge in [0.1, 0.15) is 18.3 Å². The van der Waals surface area contributed by atoms with Gasteiger partial charge in [0.05, 0.1) is 17.7 Å². The topological polar surface area (TPSA) is 96.0 Å². The fourth-order valence-corrected chi connectivity index (χ4v) is 7.20. The molecule has 0 heterocycles. The first kappa shape index (κ1) is 33.1. The zero-order valence-electron chi connectivity index (χ0n) is 26.3. The lowest BCUT2D eigenvalue weighted by Gasteiger charge is -2.34. The van der Waals surface area contributed by atoms with E-state index in [1.165, 1.54) is 13.5 Å². The maximum absolute atomic E-state index is 14.4. The molecule has 3 aromatic rings. The molecule has 44 heavy (non-hydrogen) atoms. The molecule has 1 fully saturated rings. The minimum Gasteiger partial charge on any atom is -0.495 e. The number of sulfonamides is 1. The molecule has 1 aliphatic carbocycles. The maximum atomic E-state index is 14.4. The van der Waals surface area contributed by atoms with Gasteiger partial charge >= 0.3 is 0 Å². The number of carbonyl (C=O) groups is 2. The molecular weight excluding hydrogens is 574 g/mol. The molecule has 0 saturated heterocycles. The third-order valence-electron chi connectivity index (χ3n) is 8.31. The molecule has 0 aliphatic heterocycles. The predicted octanol–water partition coefficient (Wildman–Crippen LogP) is 5.81. The van der Waals surface area contributed by atoms with E-state index in [1.54, 1.807) is 41.3 Å². The second-order valence-electron chi connectivity index (χ2n) is 11.6. The van der Waals surface area contributed by atoms with Crippen molar-refractivity contribution in [3.8, 4) is 5.75 Å². The molecule has 3 aromatic carbocycles. The fraction of sp³-hybridized carbons (Fsp3) is 0.429. The van der Waals surface area contributed by atoms with E-state index >= 15 is 0 Å². The van der Waals surface area contributed by atoms with Gasteiger partial charge < -0.3 is 15.0 Å². The number of carbonyl (C=O) groups excluding carboxylic acids is 2. The van der Waals surface area contributed by atoms with Crippen molar-refractivity contribution >= 4 is 27.5 Å². The summed E-state index contributed by atoms with van der Waals surface area (Å²) in [6.07, 6.45) is 6.09. The number of amides is 2. The van der Waals surface area contributed by atoms with Crippen molar-refractivity contribution in [2.75, 3.05) is 24.5 Å². The normalized spacial score (nSPS) is 14.5. The molecule has 0 bridgehead atoms. The molecule has 1 aliphatic rings. The van der Waals surface area contributed by atoms with Crippen LogP contribution in [0, 0.1) is 13.8 Å². The maximum Gasteiger partial charge on any atom is 0.264 e. The average molecular weight is 620 g/mol. The second-order valence-corrected chi connectivity index (χ2v) is 13.5. The summed E-state index contributed by atoms with van der Waals surface area (Å²) in [5.41, 5.74) is 3.03. The molecule has 0 radical (unpaired) electrons. The summed E-state index contributed by atoms with van der Waals surface area (Å²) < 4.78 is 35.1. The summed E-state index contributed by atoms with van der Waals surface area (Å²) in [5, 5.41) is 3.19. The van der Waals surface area contributed by atoms with Gasteiger partial charge in [0.15, 0.2) is 0 Å². The molecule has 1 saturated carbocycles. The van der Waals surface area contributed by atoms with Gasteiger partial charge in [-0.2, -0.15) is 0 Å². The Morgan fingerprint density at radius 2 is 1.59 bits per heavy atom. The first-order valence-electron chi connectivity index (χ1n) is 15.5. The Morgan fingerprint density at radius 1 is 0.932 bits per heavy atom. The highest BCUT2D eigenvalue weighted by atomic mass is 32.2. The van der Waals surface area contributed by atoms with Crippen LogP contribution >= 0.6 is 0 Å². The first-order valence-corrected chi connectivity index (χ1v) is 17.0. The van der Waals surface area contributed by atoms with Crippen molar-refractivity contribution < 1.29 is 22.7 Å². The van der Waals surface area contributed by atoms with Gasteiger partial charge in [-0.3, -0.25) is 13.9 Å². The Bertz CT molecular complexity index is 1500. The van der Waals surface area contributed by atoms with Crippen molar-refractivity contribution in [1.82, 2.24) is 10.2 Å². The van der Waals surface area contributed by atoms with Crippen molar-refractivity contribution in [3.63, 3.8) is 0 Å². The molecule has 0 aromatic heterocycles. The van der Waals surface area contributed by atoms with Crippen LogP contribution in [0.2, 0.25) is 0 Å². The zero-order chi connectivity index (χ0) is 31.7. The van der Waals surface area contributed by atoms with Crippen LogP contribution in [0.25, 0.3) is 0 Å². The number of hydrogen-bond donors (Lipinski definition) is 1. The molecule has 8 nitrogen and oxygen atoms in total. The second kappa shape index (κ2) is 15.2. The number of nitrogens with one attached hydrogen (secondary N) is 1. The monoisotopic (exact) mass is 619 g/mol. The number of aryl methyl sites for hydroxylation is 2. The van der Waals surface area contributed by atoms with Crippen LogP contribution in [-0.4, -0.2) is 57.4 Å². The third-order valence-corrected chi connectivity index (χ3v) is 10.1. The highest BCUT2D eigenvalue weighted by Gasteiger charge is 2.35. The number of anilines is 1. The summed E-state index contributed by atoms with van der Waals surface area (Å²) in [7, 11) is -2.71. The van der Waals surface area contributed by atoms with E-state index in [4.69, 9.17) is 4.74 Å². The minimum absolute atomic E-state index is 0.0670. The van der Waals surface area contributed by atoms with Crippen LogP contribution in [-0.2, 0) is 26.0 Å². The molecular formula is C35H45N3O5S. The number of rotatable bonds is 13. The highest BCUT2D eigenvalue weighted by Crippen LogP contribution is 2.34. The number of ether oxygens (including phenoxy) is 1. The Hall–Kier alpha value is -3.85. The molecule has 1 atom stereocenters. The lowest BCUT2D eigenvalue weighted by molar-refractivity contribution is -0.140. The van der Waals surface area contributed by atoms with Crippen LogP contribution in [0.3, 0.4) is 0 Å². The van der Waals surface area contributed by atoms with Gasteiger partial charge in [-0.05, 0) is 74.9 Å². The summed E-state index contributed by atoms with van der Waals surface area (Å²) in [6, 6.07) is 20.9. The van der Waals surface area contributed by atoms with Crippen molar-refractivity contribution in [2.24, 2.45) is 0 Å². The van der Waals surface area contributed by atoms with E-state index < -0.39 is 28.5 Å². The van der Waals surface area contributed by atoms with E-state index in [0.29, 0.717) is 18.6 Å². The number of hydrogen-bond acceptors (Lipinski definition) is 5. The van der Waals surface area contributed by atoms with Crippen molar-refractivity contribution in [2.45, 2.75) is 82.7 Å². The van der Waals surface area contributed by atoms with Gasteiger partial charge in [0.2, 0.25) is 11.8 Å². The standard InChI is InChI=1S/C35H45N3O5S/c1-5-31(35(40)36-29-14-10-7-11-15-29)37(23-22-28-12-8-6-9-13-28)34(39)25-38(32-24-27(3)18-21-33(32)43-4)44(41,42)30-19-16-26(2)17-20-30/h6,8-9,12-13,16-21,24,29,31H,5,7,10-11,14-15,22-23,25H2,1-4H3,(H,36,40)/t31-/m0/s1. The Morgan fingerprint density at radius 3 is 2.23 bits per heavy atom. The smallest absolute Gasteiger partial charge is 0.264 e. The summed E-state index contributed by atoms with van der Waals surface area (Å²) in [4.78, 5) is 29.7. The average Bonchev–Trinajstić information content (AvgIpc) is 3.02. The van der Waals surface area contributed by atoms with Gasteiger partial charge in [0, 0.05) is 12.6 Å². The van der Waals surface area contributed by atoms with Crippen molar-refractivity contribution in [1.29, 1.82) is 0 Å². The number of benzene rings is 3. The van der Waals surface area contributed by atoms with Gasteiger partial charge in [-0.25, -0.2) is 8.42 Å². The Balaban J connectivity index is 1.72. The molecule has 0 unspecified atom stereocenters. The molecule has 4 rings (SSSR count). The molecule has 1 N–H and O–H groups in total. The van der Waals surface area contributed by atoms with E-state index in [2.05, 4.69) is 5.32 Å². The van der Waals surface area contributed by atoms with Crippen LogP contribution < -0.4 is 14.4 Å². The van der Waals surface area contributed by atoms with Crippen LogP contribution in [0.4, 0.5) is 5.69 Å². The molecule has 9 heteroatoms.